The summed E-state index contributed by atoms with van der Waals surface area (Å²) in [7, 11) is 0. The van der Waals surface area contributed by atoms with Crippen LogP contribution in [-0.2, 0) is 4.74 Å². The lowest BCUT2D eigenvalue weighted by atomic mass is 10.3. The molecule has 0 aromatic carbocycles. The summed E-state index contributed by atoms with van der Waals surface area (Å²) in [5.41, 5.74) is 0.125. The molecule has 1 nitrogen and oxygen atoms in total. The quantitative estimate of drug-likeness (QED) is 0.387. The lowest BCUT2D eigenvalue weighted by Gasteiger charge is -1.80. The summed E-state index contributed by atoms with van der Waals surface area (Å²) < 4.78 is 4.77. The van der Waals surface area contributed by atoms with E-state index in [0.29, 0.717) is 0 Å². The Morgan fingerprint density at radius 1 is 1.60 bits per heavy atom. The van der Waals surface area contributed by atoms with E-state index < -0.39 is 0 Å². The highest BCUT2D eigenvalue weighted by atomic mass is 16.6. The molecule has 0 bridgehead atoms. The molecule has 0 N–H and O–H groups in total. The van der Waals surface area contributed by atoms with Gasteiger partial charge < -0.3 is 4.74 Å². The Kier molecular flexibility index (Phi) is 0.346. The Hall–Kier alpha value is -0.0400. The van der Waals surface area contributed by atoms with Crippen LogP contribution in [0, 0.1) is 6.61 Å². The fourth-order valence-corrected chi connectivity index (χ4v) is 0.118. The molecule has 1 heterocycles. The van der Waals surface area contributed by atoms with Crippen molar-refractivity contribution in [3.05, 3.63) is 6.61 Å². The number of epoxide rings is 1. The van der Waals surface area contributed by atoms with Gasteiger partial charge in [0.2, 0.25) is 0 Å². The van der Waals surface area contributed by atoms with Gasteiger partial charge in [0.25, 0.3) is 0 Å². The van der Waals surface area contributed by atoms with Gasteiger partial charge in [0.1, 0.15) is 6.61 Å². The standard InChI is InChI=1S/C4H7O/c1-4(2)3-5-4/h3H,1-2H3. The van der Waals surface area contributed by atoms with Crippen molar-refractivity contribution in [1.82, 2.24) is 0 Å². The Balaban J connectivity index is 2.38. The number of rotatable bonds is 0. The molecule has 0 amide bonds. The molecule has 1 heteroatoms. The van der Waals surface area contributed by atoms with Crippen molar-refractivity contribution in [1.29, 1.82) is 0 Å². The molecule has 1 rings (SSSR count). The van der Waals surface area contributed by atoms with Gasteiger partial charge in [-0.3, -0.25) is 0 Å². The molecule has 0 spiro atoms. The summed E-state index contributed by atoms with van der Waals surface area (Å²) in [5.74, 6) is 0. The van der Waals surface area contributed by atoms with Crippen molar-refractivity contribution < 1.29 is 4.74 Å². The van der Waals surface area contributed by atoms with Crippen LogP contribution < -0.4 is 0 Å². The first-order chi connectivity index (χ1) is 2.21. The van der Waals surface area contributed by atoms with E-state index in [4.69, 9.17) is 4.74 Å². The predicted molar refractivity (Wildman–Crippen MR) is 19.5 cm³/mol. The van der Waals surface area contributed by atoms with E-state index in [2.05, 4.69) is 0 Å². The van der Waals surface area contributed by atoms with Crippen LogP contribution in [0.4, 0.5) is 0 Å². The SMILES string of the molecule is CC1(C)[CH]O1. The molecule has 1 radical (unpaired) electrons. The van der Waals surface area contributed by atoms with Gasteiger partial charge in [-0.1, -0.05) is 0 Å². The van der Waals surface area contributed by atoms with Gasteiger partial charge >= 0.3 is 0 Å². The molecule has 0 aliphatic carbocycles. The summed E-state index contributed by atoms with van der Waals surface area (Å²) in [6.07, 6.45) is 0. The largest absolute Gasteiger partial charge is 0.364 e. The van der Waals surface area contributed by atoms with Crippen molar-refractivity contribution in [2.24, 2.45) is 0 Å². The minimum Gasteiger partial charge on any atom is -0.364 e. The molecule has 0 aromatic rings. The van der Waals surface area contributed by atoms with E-state index in [1.165, 1.54) is 0 Å². The third-order valence-corrected chi connectivity index (χ3v) is 0.589. The molecule has 5 heavy (non-hydrogen) atoms. The molecular weight excluding hydrogens is 64.0 g/mol. The highest BCUT2D eigenvalue weighted by Gasteiger charge is 2.33. The van der Waals surface area contributed by atoms with E-state index in [0.717, 1.165) is 0 Å². The normalized spacial score (nSPS) is 30.0. The highest BCUT2D eigenvalue weighted by molar-refractivity contribution is 4.93. The summed E-state index contributed by atoms with van der Waals surface area (Å²) in [6, 6.07) is 0. The number of hydrogen-bond acceptors (Lipinski definition) is 1. The van der Waals surface area contributed by atoms with E-state index in [9.17, 15) is 0 Å². The second-order valence-electron chi connectivity index (χ2n) is 1.84. The third-order valence-electron chi connectivity index (χ3n) is 0.589. The van der Waals surface area contributed by atoms with E-state index >= 15 is 0 Å². The van der Waals surface area contributed by atoms with Crippen LogP contribution in [0.5, 0.6) is 0 Å². The van der Waals surface area contributed by atoms with E-state index in [1.807, 2.05) is 20.5 Å². The second kappa shape index (κ2) is 0.548. The Labute approximate surface area is 31.9 Å². The average Bonchev–Trinajstić information content (AvgIpc) is 1.76. The van der Waals surface area contributed by atoms with Crippen molar-refractivity contribution in [2.45, 2.75) is 19.4 Å². The monoisotopic (exact) mass is 71.0 g/mol. The minimum absolute atomic E-state index is 0.125. The first-order valence-electron chi connectivity index (χ1n) is 1.73. The van der Waals surface area contributed by atoms with Gasteiger partial charge in [-0.25, -0.2) is 0 Å². The van der Waals surface area contributed by atoms with Crippen molar-refractivity contribution in [2.75, 3.05) is 0 Å². The van der Waals surface area contributed by atoms with Gasteiger partial charge in [-0.05, 0) is 13.8 Å². The molecule has 1 saturated heterocycles. The van der Waals surface area contributed by atoms with Crippen LogP contribution in [0.1, 0.15) is 13.8 Å². The molecule has 0 atom stereocenters. The van der Waals surface area contributed by atoms with Gasteiger partial charge in [0.05, 0.1) is 5.60 Å². The summed E-state index contributed by atoms with van der Waals surface area (Å²) in [4.78, 5) is 0. The number of ether oxygens (including phenoxy) is 1. The van der Waals surface area contributed by atoms with Crippen molar-refractivity contribution in [3.63, 3.8) is 0 Å². The maximum absolute atomic E-state index is 4.77. The molecule has 1 aliphatic rings. The van der Waals surface area contributed by atoms with Crippen molar-refractivity contribution >= 4 is 0 Å². The number of hydrogen-bond donors (Lipinski definition) is 0. The zero-order chi connectivity index (χ0) is 3.91. The Bertz CT molecular complexity index is 41.6. The molecular formula is C4H7O. The molecule has 1 aliphatic heterocycles. The minimum atomic E-state index is 0.125. The molecule has 0 saturated carbocycles. The molecule has 1 fully saturated rings. The van der Waals surface area contributed by atoms with Gasteiger partial charge in [0.15, 0.2) is 0 Å². The smallest absolute Gasteiger partial charge is 0.116 e. The van der Waals surface area contributed by atoms with Crippen LogP contribution >= 0.6 is 0 Å². The Morgan fingerprint density at radius 2 is 1.80 bits per heavy atom. The van der Waals surface area contributed by atoms with Gasteiger partial charge in [-0.15, -0.1) is 0 Å². The van der Waals surface area contributed by atoms with E-state index in [-0.39, 0.29) is 5.60 Å². The molecule has 29 valence electrons. The molecule has 0 unspecified atom stereocenters. The third kappa shape index (κ3) is 0.618. The first kappa shape index (κ1) is 3.16. The highest BCUT2D eigenvalue weighted by Crippen LogP contribution is 2.29. The zero-order valence-electron chi connectivity index (χ0n) is 3.49. The van der Waals surface area contributed by atoms with Crippen molar-refractivity contribution in [3.8, 4) is 0 Å². The fraction of sp³-hybridized carbons (Fsp3) is 0.750. The van der Waals surface area contributed by atoms with Gasteiger partial charge in [-0.2, -0.15) is 0 Å². The molecule has 0 aromatic heterocycles. The van der Waals surface area contributed by atoms with Crippen LogP contribution in [0.3, 0.4) is 0 Å². The Morgan fingerprint density at radius 3 is 1.80 bits per heavy atom. The van der Waals surface area contributed by atoms with Crippen LogP contribution in [0.2, 0.25) is 0 Å². The van der Waals surface area contributed by atoms with Crippen LogP contribution in [-0.4, -0.2) is 5.60 Å². The maximum Gasteiger partial charge on any atom is 0.116 e. The lowest BCUT2D eigenvalue weighted by molar-refractivity contribution is 0.352. The lowest BCUT2D eigenvalue weighted by Crippen LogP contribution is -1.88. The predicted octanol–water partition coefficient (Wildman–Crippen LogP) is 0.957. The summed E-state index contributed by atoms with van der Waals surface area (Å²) in [5, 5.41) is 0. The summed E-state index contributed by atoms with van der Waals surface area (Å²) >= 11 is 0. The van der Waals surface area contributed by atoms with Crippen LogP contribution in [0.25, 0.3) is 0 Å². The maximum atomic E-state index is 4.77. The van der Waals surface area contributed by atoms with E-state index in [1.54, 1.807) is 0 Å². The fourth-order valence-electron chi connectivity index (χ4n) is 0.118. The van der Waals surface area contributed by atoms with Gasteiger partial charge in [0, 0.05) is 0 Å². The summed E-state index contributed by atoms with van der Waals surface area (Å²) in [6.45, 7) is 5.85. The topological polar surface area (TPSA) is 12.5 Å². The zero-order valence-corrected chi connectivity index (χ0v) is 3.49. The average molecular weight is 71.1 g/mol. The first-order valence-corrected chi connectivity index (χ1v) is 1.73. The second-order valence-corrected chi connectivity index (χ2v) is 1.84. The van der Waals surface area contributed by atoms with Crippen LogP contribution in [0.15, 0.2) is 0 Å².